The predicted octanol–water partition coefficient (Wildman–Crippen LogP) is 32.9. The van der Waals surface area contributed by atoms with Gasteiger partial charge in [-0.15, -0.1) is 0 Å². The van der Waals surface area contributed by atoms with E-state index in [9.17, 15) is 26.3 Å². The van der Waals surface area contributed by atoms with Crippen LogP contribution in [0.5, 0.6) is 0 Å². The van der Waals surface area contributed by atoms with E-state index in [1.54, 1.807) is 67.2 Å². The fourth-order valence-electron chi connectivity index (χ4n) is 14.8. The van der Waals surface area contributed by atoms with E-state index in [1.165, 1.54) is 154 Å². The van der Waals surface area contributed by atoms with Crippen molar-refractivity contribution < 1.29 is 35.9 Å². The van der Waals surface area contributed by atoms with Crippen molar-refractivity contribution in [3.63, 3.8) is 0 Å². The highest BCUT2D eigenvalue weighted by molar-refractivity contribution is 4.99. The zero-order chi connectivity index (χ0) is 78.4. The first kappa shape index (κ1) is 82.2. The minimum Gasteiger partial charge on any atom is -0.171 e. The van der Waals surface area contributed by atoms with Crippen molar-refractivity contribution >= 4 is 0 Å². The van der Waals surface area contributed by atoms with Crippen molar-refractivity contribution in [2.24, 2.45) is 96.5 Å². The molecule has 8 aliphatic carbocycles. The van der Waals surface area contributed by atoms with Gasteiger partial charge >= 0.3 is 12.4 Å². The lowest BCUT2D eigenvalue weighted by molar-refractivity contribution is -0.144. The Kier molecular flexibility index (Phi) is 41.9. The summed E-state index contributed by atoms with van der Waals surface area (Å²) >= 11 is 0. The van der Waals surface area contributed by atoms with Crippen LogP contribution < -0.4 is 0 Å². The van der Waals surface area contributed by atoms with Gasteiger partial charge in [-0.2, -0.15) is 26.3 Å². The Labute approximate surface area is 587 Å². The van der Waals surface area contributed by atoms with Crippen LogP contribution in [0, 0.1) is 96.5 Å². The first-order valence-corrected chi connectivity index (χ1v) is 38.7. The van der Waals surface area contributed by atoms with Gasteiger partial charge in [-0.3, -0.25) is 0 Å². The molecule has 8 aliphatic rings. The molecule has 2 atom stereocenters. The molecule has 0 radical (unpaired) electrons. The Bertz CT molecular complexity index is 1900. The van der Waals surface area contributed by atoms with E-state index in [0.29, 0.717) is 39.9 Å². The predicted molar refractivity (Wildman–Crippen MR) is 403 cm³/mol. The average molecular weight is 1330 g/mol. The summed E-state index contributed by atoms with van der Waals surface area (Å²) in [6.07, 6.45) is 35.5. The standard InChI is InChI=1S/C16H30.C14H26.C11H20.C7H14.2C6H11F3.C6H12.C6H14.2C5H12.C4H10/c1-13-6-8-16(9-7-13)11-14(2,3)10-15(4,5)12-16;1-12-4-6-14(7-5-12)10-8-13(2,3)9-11-14;1-10-4-8-11(9-5-10)6-2-3-7-11;1-7-5-3-2-4-6-7;2*1-3-5(2)4-6(7,8)9;1-6-4-2-3-5-6;1-5-6(2,3)4;1-5(2,3)4;1-4-5(2)3;1-4(2)3/h13H,6-12H2,1-5H3;12H,4-11H2,1-3H3;10H,2-9H2,1H3;7H,2-6H2,1H3;2*5H,3-4H2,1-2H3;6H,2-5H2,1H3;5H2,1-4H3;1-4H3;5H,4H2,1-3H3;4H,1-3H3/i;;;7D;;;6D;5D2;;4D2;4D. The molecule has 0 aliphatic heterocycles. The zero-order valence-corrected chi connectivity index (χ0v) is 67.7. The number of hydrogen-bond acceptors (Lipinski definition) is 0. The summed E-state index contributed by atoms with van der Waals surface area (Å²) < 4.78 is 120. The molecule has 0 aromatic carbocycles. The van der Waals surface area contributed by atoms with Gasteiger partial charge in [0.1, 0.15) is 0 Å². The van der Waals surface area contributed by atoms with E-state index < -0.39 is 37.9 Å². The lowest BCUT2D eigenvalue weighted by Crippen LogP contribution is -2.43. The van der Waals surface area contributed by atoms with E-state index in [1.807, 2.05) is 69.2 Å². The molecule has 0 heterocycles. The summed E-state index contributed by atoms with van der Waals surface area (Å²) in [4.78, 5) is 0. The average Bonchev–Trinajstić information content (AvgIpc) is 1.49. The third-order valence-electron chi connectivity index (χ3n) is 21.0. The lowest BCUT2D eigenvalue weighted by Gasteiger charge is -2.54. The van der Waals surface area contributed by atoms with Crippen LogP contribution in [0.2, 0.25) is 0 Å². The molecule has 6 heteroatoms. The summed E-state index contributed by atoms with van der Waals surface area (Å²) in [5.41, 5.74) is 4.41. The summed E-state index contributed by atoms with van der Waals surface area (Å²) in [6.45, 7) is 59.9. The molecule has 0 aromatic heterocycles. The Morgan fingerprint density at radius 3 is 0.848 bits per heavy atom. The maximum atomic E-state index is 11.5. The van der Waals surface area contributed by atoms with Crippen molar-refractivity contribution in [1.29, 1.82) is 0 Å². The Morgan fingerprint density at radius 2 is 0.641 bits per heavy atom. The molecular weight excluding hydrogens is 1150 g/mol. The van der Waals surface area contributed by atoms with Crippen LogP contribution in [-0.4, -0.2) is 12.4 Å². The quantitative estimate of drug-likeness (QED) is 0.241. The van der Waals surface area contributed by atoms with Crippen molar-refractivity contribution in [3.8, 4) is 0 Å². The fraction of sp³-hybridized carbons (Fsp3) is 1.00. The Balaban J connectivity index is -0.00000104. The minimum absolute atomic E-state index is 0.0556. The van der Waals surface area contributed by atoms with Gasteiger partial charge in [-0.05, 0) is 193 Å². The molecule has 92 heavy (non-hydrogen) atoms. The van der Waals surface area contributed by atoms with Gasteiger partial charge in [0.15, 0.2) is 0 Å². The van der Waals surface area contributed by atoms with Gasteiger partial charge in [-0.1, -0.05) is 336 Å². The number of halogens is 6. The van der Waals surface area contributed by atoms with E-state index in [0.717, 1.165) is 54.3 Å². The highest BCUT2D eigenvalue weighted by Crippen LogP contribution is 2.60. The van der Waals surface area contributed by atoms with Gasteiger partial charge in [0, 0.05) is 22.4 Å². The van der Waals surface area contributed by atoms with E-state index in [2.05, 4.69) is 90.0 Å². The van der Waals surface area contributed by atoms with Crippen LogP contribution in [-0.2, 0) is 0 Å². The van der Waals surface area contributed by atoms with Crippen molar-refractivity contribution in [3.05, 3.63) is 0 Å². The largest absolute Gasteiger partial charge is 0.389 e. The van der Waals surface area contributed by atoms with Gasteiger partial charge in [-0.25, -0.2) is 0 Å². The van der Waals surface area contributed by atoms with Gasteiger partial charge in [0.25, 0.3) is 0 Å². The number of hydrogen-bond donors (Lipinski definition) is 0. The normalized spacial score (nSPS) is 25.5. The highest BCUT2D eigenvalue weighted by atomic mass is 19.4. The lowest BCUT2D eigenvalue weighted by atomic mass is 9.51. The molecule has 0 N–H and O–H groups in total. The van der Waals surface area contributed by atoms with Crippen LogP contribution in [0.25, 0.3) is 0 Å². The smallest absolute Gasteiger partial charge is 0.171 e. The van der Waals surface area contributed by atoms with Crippen LogP contribution in [0.3, 0.4) is 0 Å². The number of rotatable bonds is 5. The topological polar surface area (TPSA) is 0 Å². The van der Waals surface area contributed by atoms with Gasteiger partial charge < -0.3 is 0 Å². The maximum Gasteiger partial charge on any atom is 0.389 e. The third-order valence-corrected chi connectivity index (χ3v) is 21.0. The van der Waals surface area contributed by atoms with Gasteiger partial charge in [0.2, 0.25) is 0 Å². The van der Waals surface area contributed by atoms with Gasteiger partial charge in [0.05, 0.1) is 0 Å². The minimum atomic E-state index is -3.98. The van der Waals surface area contributed by atoms with E-state index >= 15 is 0 Å². The summed E-state index contributed by atoms with van der Waals surface area (Å²) in [5.74, 6) is 2.32. The first-order valence-electron chi connectivity index (χ1n) is 42.2. The zero-order valence-electron chi connectivity index (χ0n) is 74.7. The summed E-state index contributed by atoms with van der Waals surface area (Å²) in [7, 11) is 0. The second kappa shape index (κ2) is 46.8. The summed E-state index contributed by atoms with van der Waals surface area (Å²) in [6, 6.07) is 0. The molecule has 558 valence electrons. The second-order valence-electron chi connectivity index (χ2n) is 38.1. The first-order chi connectivity index (χ1) is 44.1. The van der Waals surface area contributed by atoms with Crippen LogP contribution in [0.4, 0.5) is 26.3 Å². The van der Waals surface area contributed by atoms with Crippen LogP contribution in [0.1, 0.15) is 454 Å². The Morgan fingerprint density at radius 1 is 0.391 bits per heavy atom. The molecule has 8 saturated carbocycles. The molecular formula is C86H172F6. The van der Waals surface area contributed by atoms with Crippen molar-refractivity contribution in [2.45, 2.75) is 457 Å². The van der Waals surface area contributed by atoms with Crippen LogP contribution >= 0.6 is 0 Å². The number of alkyl halides is 6. The second-order valence-corrected chi connectivity index (χ2v) is 38.1. The maximum absolute atomic E-state index is 11.5. The fourth-order valence-corrected chi connectivity index (χ4v) is 14.8. The molecule has 3 spiro atoms. The Hall–Kier alpha value is -0.420. The van der Waals surface area contributed by atoms with E-state index in [4.69, 9.17) is 9.60 Å². The molecule has 0 aromatic rings. The highest BCUT2D eigenvalue weighted by Gasteiger charge is 2.48. The van der Waals surface area contributed by atoms with Crippen LogP contribution in [0.15, 0.2) is 0 Å². The SMILES string of the molecule is CC(C)(C)C.CC1CCC2(CC1)CC(C)(C)CC(C)(C)C2.CC1CCC2(CC1)CCC(C)(C)CC2.CC1CCC2(CCCC2)CC1.CCC(C)CC(F)(F)F.CCC(C)CC(F)(F)F.[2H]C(C)(C)C.[2H]C([2H])(C)C(C)(C)C.[2H]C([2H])(C)C(C)C.[2H]C1(C)CCCC1.[2H]C1(C)CCCCC1. The molecule has 2 unspecified atom stereocenters. The van der Waals surface area contributed by atoms with Crippen molar-refractivity contribution in [1.82, 2.24) is 0 Å². The monoisotopic (exact) mass is 1330 g/mol. The third kappa shape index (κ3) is 57.5. The summed E-state index contributed by atoms with van der Waals surface area (Å²) in [5, 5.41) is 0. The van der Waals surface area contributed by atoms with E-state index in [-0.39, 0.29) is 40.9 Å². The van der Waals surface area contributed by atoms with Crippen molar-refractivity contribution in [2.75, 3.05) is 0 Å². The molecule has 0 nitrogen and oxygen atoms in total. The molecule has 0 amide bonds. The molecule has 8 fully saturated rings. The molecule has 0 bridgehead atoms. The molecule has 0 saturated heterocycles. The molecule has 8 rings (SSSR count).